The molecule has 0 radical (unpaired) electrons. The van der Waals surface area contributed by atoms with Gasteiger partial charge in [-0.3, -0.25) is 4.79 Å². The molecule has 1 aromatic rings. The average molecular weight is 208 g/mol. The molecule has 1 heterocycles. The highest BCUT2D eigenvalue weighted by Crippen LogP contribution is 2.22. The van der Waals surface area contributed by atoms with E-state index in [9.17, 15) is 22.4 Å². The molecule has 2 N–H and O–H groups in total. The lowest BCUT2D eigenvalue weighted by Crippen LogP contribution is -2.18. The standard InChI is InChI=1S/C7H4F4N2O/c8-2-1-3(9)13-5(6(10)11)4(2)7(12)14/h1,6H,(H2,12,14). The number of hydrogen-bond acceptors (Lipinski definition) is 2. The Kier molecular flexibility index (Phi) is 2.68. The molecule has 0 atom stereocenters. The van der Waals surface area contributed by atoms with E-state index in [1.165, 1.54) is 0 Å². The lowest BCUT2D eigenvalue weighted by atomic mass is 10.1. The van der Waals surface area contributed by atoms with Crippen LogP contribution in [0.25, 0.3) is 0 Å². The minimum Gasteiger partial charge on any atom is -0.365 e. The van der Waals surface area contributed by atoms with Gasteiger partial charge in [-0.15, -0.1) is 0 Å². The highest BCUT2D eigenvalue weighted by atomic mass is 19.3. The molecule has 0 aromatic carbocycles. The summed E-state index contributed by atoms with van der Waals surface area (Å²) in [6, 6.07) is 0.214. The molecule has 0 saturated carbocycles. The first kappa shape index (κ1) is 10.4. The predicted molar refractivity (Wildman–Crippen MR) is 37.6 cm³/mol. The third kappa shape index (κ3) is 1.81. The topological polar surface area (TPSA) is 56.0 Å². The Morgan fingerprint density at radius 3 is 2.43 bits per heavy atom. The second-order valence-corrected chi connectivity index (χ2v) is 2.35. The summed E-state index contributed by atoms with van der Waals surface area (Å²) in [4.78, 5) is 13.2. The molecule has 1 aromatic heterocycles. The summed E-state index contributed by atoms with van der Waals surface area (Å²) in [5, 5.41) is 0. The summed E-state index contributed by atoms with van der Waals surface area (Å²) in [5.74, 6) is -4.28. The lowest BCUT2D eigenvalue weighted by molar-refractivity contribution is 0.0976. The van der Waals surface area contributed by atoms with Crippen LogP contribution in [0.15, 0.2) is 6.07 Å². The lowest BCUT2D eigenvalue weighted by Gasteiger charge is -2.05. The Hall–Kier alpha value is -1.66. The van der Waals surface area contributed by atoms with Crippen molar-refractivity contribution in [3.63, 3.8) is 0 Å². The highest BCUT2D eigenvalue weighted by molar-refractivity contribution is 5.94. The Balaban J connectivity index is 3.44. The van der Waals surface area contributed by atoms with E-state index in [1.54, 1.807) is 0 Å². The molecule has 1 rings (SSSR count). The van der Waals surface area contributed by atoms with E-state index in [-0.39, 0.29) is 6.07 Å². The Labute approximate surface area is 75.5 Å². The van der Waals surface area contributed by atoms with Gasteiger partial charge in [0.2, 0.25) is 5.95 Å². The first-order chi connectivity index (χ1) is 6.43. The van der Waals surface area contributed by atoms with Gasteiger partial charge in [0.15, 0.2) is 0 Å². The van der Waals surface area contributed by atoms with Gasteiger partial charge in [-0.2, -0.15) is 4.39 Å². The van der Waals surface area contributed by atoms with Crippen LogP contribution in [0.3, 0.4) is 0 Å². The number of aromatic nitrogens is 1. The SMILES string of the molecule is NC(=O)c1c(F)cc(F)nc1C(F)F. The molecule has 76 valence electrons. The van der Waals surface area contributed by atoms with Gasteiger partial charge in [0.25, 0.3) is 12.3 Å². The van der Waals surface area contributed by atoms with E-state index in [4.69, 9.17) is 0 Å². The summed E-state index contributed by atoms with van der Waals surface area (Å²) in [5.41, 5.74) is 2.26. The van der Waals surface area contributed by atoms with E-state index >= 15 is 0 Å². The number of amides is 1. The van der Waals surface area contributed by atoms with Crippen LogP contribution < -0.4 is 5.73 Å². The molecule has 0 unspecified atom stereocenters. The quantitative estimate of drug-likeness (QED) is 0.589. The van der Waals surface area contributed by atoms with Crippen LogP contribution in [0.1, 0.15) is 22.5 Å². The van der Waals surface area contributed by atoms with Crippen molar-refractivity contribution in [2.24, 2.45) is 5.73 Å². The summed E-state index contributed by atoms with van der Waals surface area (Å²) in [7, 11) is 0. The number of nitrogens with two attached hydrogens (primary N) is 1. The van der Waals surface area contributed by atoms with Crippen LogP contribution in [0, 0.1) is 11.8 Å². The molecule has 0 saturated heterocycles. The largest absolute Gasteiger partial charge is 0.365 e. The third-order valence-corrected chi connectivity index (χ3v) is 1.42. The number of halogens is 4. The molecule has 0 aliphatic heterocycles. The smallest absolute Gasteiger partial charge is 0.281 e. The first-order valence-corrected chi connectivity index (χ1v) is 3.37. The van der Waals surface area contributed by atoms with Crippen molar-refractivity contribution in [2.75, 3.05) is 0 Å². The second-order valence-electron chi connectivity index (χ2n) is 2.35. The number of carbonyl (C=O) groups excluding carboxylic acids is 1. The maximum atomic E-state index is 12.8. The zero-order valence-electron chi connectivity index (χ0n) is 6.60. The number of carbonyl (C=O) groups is 1. The molecular formula is C7H4F4N2O. The zero-order valence-corrected chi connectivity index (χ0v) is 6.60. The van der Waals surface area contributed by atoms with Crippen molar-refractivity contribution in [1.82, 2.24) is 4.98 Å². The van der Waals surface area contributed by atoms with Gasteiger partial charge >= 0.3 is 0 Å². The molecule has 1 amide bonds. The van der Waals surface area contributed by atoms with E-state index in [1.807, 2.05) is 0 Å². The minimum atomic E-state index is -3.26. The van der Waals surface area contributed by atoms with Crippen molar-refractivity contribution >= 4 is 5.91 Å². The fourth-order valence-corrected chi connectivity index (χ4v) is 0.904. The van der Waals surface area contributed by atoms with Crippen LogP contribution in [0.2, 0.25) is 0 Å². The number of alkyl halides is 2. The molecule has 0 aliphatic carbocycles. The number of pyridine rings is 1. The molecule has 14 heavy (non-hydrogen) atoms. The summed E-state index contributed by atoms with van der Waals surface area (Å²) in [6.07, 6.45) is -3.26. The first-order valence-electron chi connectivity index (χ1n) is 3.37. The Morgan fingerprint density at radius 1 is 1.43 bits per heavy atom. The molecule has 0 bridgehead atoms. The van der Waals surface area contributed by atoms with Gasteiger partial charge in [0.05, 0.1) is 0 Å². The number of primary amides is 1. The molecule has 7 heteroatoms. The number of nitrogens with zero attached hydrogens (tertiary/aromatic N) is 1. The minimum absolute atomic E-state index is 0.214. The zero-order chi connectivity index (χ0) is 10.9. The van der Waals surface area contributed by atoms with E-state index in [0.717, 1.165) is 0 Å². The van der Waals surface area contributed by atoms with Gasteiger partial charge < -0.3 is 5.73 Å². The number of hydrogen-bond donors (Lipinski definition) is 1. The van der Waals surface area contributed by atoms with Gasteiger partial charge in [-0.05, 0) is 0 Å². The van der Waals surface area contributed by atoms with E-state index in [0.29, 0.717) is 0 Å². The van der Waals surface area contributed by atoms with E-state index in [2.05, 4.69) is 10.7 Å². The molecular weight excluding hydrogens is 204 g/mol. The van der Waals surface area contributed by atoms with Crippen LogP contribution in [0.4, 0.5) is 17.6 Å². The fourth-order valence-electron chi connectivity index (χ4n) is 0.904. The second kappa shape index (κ2) is 3.60. The van der Waals surface area contributed by atoms with Crippen molar-refractivity contribution in [1.29, 1.82) is 0 Å². The van der Waals surface area contributed by atoms with Crippen LogP contribution in [-0.2, 0) is 0 Å². The maximum absolute atomic E-state index is 12.8. The summed E-state index contributed by atoms with van der Waals surface area (Å²) >= 11 is 0. The van der Waals surface area contributed by atoms with Gasteiger partial charge in [0.1, 0.15) is 17.1 Å². The van der Waals surface area contributed by atoms with Gasteiger partial charge in [-0.1, -0.05) is 0 Å². The van der Waals surface area contributed by atoms with Crippen molar-refractivity contribution in [2.45, 2.75) is 6.43 Å². The Bertz CT molecular complexity index is 380. The van der Waals surface area contributed by atoms with Gasteiger partial charge in [0, 0.05) is 6.07 Å². The molecule has 0 fully saturated rings. The fraction of sp³-hybridized carbons (Fsp3) is 0.143. The molecule has 3 nitrogen and oxygen atoms in total. The van der Waals surface area contributed by atoms with Crippen LogP contribution >= 0.6 is 0 Å². The van der Waals surface area contributed by atoms with Gasteiger partial charge in [-0.25, -0.2) is 18.2 Å². The maximum Gasteiger partial charge on any atom is 0.281 e. The van der Waals surface area contributed by atoms with Crippen molar-refractivity contribution in [3.05, 3.63) is 29.1 Å². The highest BCUT2D eigenvalue weighted by Gasteiger charge is 2.23. The van der Waals surface area contributed by atoms with E-state index < -0.39 is 35.4 Å². The summed E-state index contributed by atoms with van der Waals surface area (Å²) in [6.45, 7) is 0. The van der Waals surface area contributed by atoms with Crippen LogP contribution in [-0.4, -0.2) is 10.9 Å². The van der Waals surface area contributed by atoms with Crippen LogP contribution in [0.5, 0.6) is 0 Å². The Morgan fingerprint density at radius 2 is 2.00 bits per heavy atom. The number of rotatable bonds is 2. The third-order valence-electron chi connectivity index (χ3n) is 1.42. The molecule has 0 spiro atoms. The normalized spacial score (nSPS) is 10.6. The average Bonchev–Trinajstić information content (AvgIpc) is 2.01. The van der Waals surface area contributed by atoms with Crippen molar-refractivity contribution in [3.8, 4) is 0 Å². The molecule has 0 aliphatic rings. The van der Waals surface area contributed by atoms with Crippen molar-refractivity contribution < 1.29 is 22.4 Å². The summed E-state index contributed by atoms with van der Waals surface area (Å²) < 4.78 is 49.5. The monoisotopic (exact) mass is 208 g/mol. The predicted octanol–water partition coefficient (Wildman–Crippen LogP) is 1.40.